The van der Waals surface area contributed by atoms with Gasteiger partial charge in [-0.15, -0.1) is 0 Å². The van der Waals surface area contributed by atoms with Gasteiger partial charge in [0.2, 0.25) is 0 Å². The number of hydrogen-bond donors (Lipinski definition) is 0. The number of aryl methyl sites for hydroxylation is 1. The predicted molar refractivity (Wildman–Crippen MR) is 33.2 cm³/mol. The fourth-order valence-corrected chi connectivity index (χ4v) is 0.715. The molecule has 4 nitrogen and oxygen atoms in total. The summed E-state index contributed by atoms with van der Waals surface area (Å²) < 4.78 is 4.69. The first kappa shape index (κ1) is 8.75. The van der Waals surface area contributed by atoms with Crippen molar-refractivity contribution >= 4 is 11.2 Å². The summed E-state index contributed by atoms with van der Waals surface area (Å²) in [5.74, 6) is 0. The molecule has 53 valence electrons. The molecular formula is C6H4N3OY-. The van der Waals surface area contributed by atoms with E-state index >= 15 is 0 Å². The molecule has 11 heavy (non-hydrogen) atoms. The first-order chi connectivity index (χ1) is 4.86. The molecule has 2 aromatic heterocycles. The topological polar surface area (TPSA) is 51.8 Å². The average Bonchev–Trinajstić information content (AvgIpc) is 2.33. The van der Waals surface area contributed by atoms with Crippen molar-refractivity contribution in [3.8, 4) is 0 Å². The van der Waals surface area contributed by atoms with Gasteiger partial charge in [0.25, 0.3) is 0 Å². The largest absolute Gasteiger partial charge is 0.445 e. The maximum absolute atomic E-state index is 4.69. The van der Waals surface area contributed by atoms with Crippen LogP contribution in [0.5, 0.6) is 0 Å². The van der Waals surface area contributed by atoms with Gasteiger partial charge in [-0.05, 0) is 12.4 Å². The number of aromatic nitrogens is 3. The van der Waals surface area contributed by atoms with Crippen LogP contribution < -0.4 is 0 Å². The molecule has 0 unspecified atom stereocenters. The smallest absolute Gasteiger partial charge is 0.115 e. The van der Waals surface area contributed by atoms with Gasteiger partial charge in [0, 0.05) is 38.9 Å². The first-order valence-electron chi connectivity index (χ1n) is 2.83. The Labute approximate surface area is 88.3 Å². The van der Waals surface area contributed by atoms with Crippen LogP contribution in [0.1, 0.15) is 5.69 Å². The fraction of sp³-hybridized carbons (Fsp3) is 0.167. The molecule has 0 aliphatic rings. The van der Waals surface area contributed by atoms with Crippen molar-refractivity contribution in [3.63, 3.8) is 0 Å². The van der Waals surface area contributed by atoms with E-state index in [1.165, 1.54) is 0 Å². The molecule has 0 saturated heterocycles. The van der Waals surface area contributed by atoms with Crippen molar-refractivity contribution < 1.29 is 37.2 Å². The summed E-state index contributed by atoms with van der Waals surface area (Å²) in [4.78, 5) is 7.98. The molecule has 1 radical (unpaired) electrons. The normalized spacial score (nSPS) is 9.55. The molecule has 2 heterocycles. The first-order valence-corrected chi connectivity index (χ1v) is 2.83. The summed E-state index contributed by atoms with van der Waals surface area (Å²) in [6.07, 6.45) is 4.20. The quantitative estimate of drug-likeness (QED) is 0.617. The van der Waals surface area contributed by atoms with Gasteiger partial charge in [-0.2, -0.15) is 0 Å². The van der Waals surface area contributed by atoms with E-state index in [0.29, 0.717) is 11.2 Å². The molecule has 0 fully saturated rings. The molecule has 0 aliphatic carbocycles. The molecule has 0 aliphatic heterocycles. The van der Waals surface area contributed by atoms with E-state index in [1.807, 2.05) is 6.92 Å². The third kappa shape index (κ3) is 1.63. The summed E-state index contributed by atoms with van der Waals surface area (Å²) in [5, 5.41) is 3.42. The van der Waals surface area contributed by atoms with E-state index < -0.39 is 0 Å². The standard InChI is InChI=1S/C6H4N3O.Y/c1-4-2-7-6-5(9-4)3-8-10-6;/h2H,1H3;/q-1;. The summed E-state index contributed by atoms with van der Waals surface area (Å²) in [6.45, 7) is 1.85. The van der Waals surface area contributed by atoms with Gasteiger partial charge in [-0.25, -0.2) is 5.16 Å². The van der Waals surface area contributed by atoms with Crippen LogP contribution in [0.3, 0.4) is 0 Å². The zero-order valence-electron chi connectivity index (χ0n) is 5.90. The summed E-state index contributed by atoms with van der Waals surface area (Å²) in [5.41, 5.74) is 1.86. The Bertz CT molecular complexity index is 359. The van der Waals surface area contributed by atoms with Crippen LogP contribution in [-0.4, -0.2) is 15.1 Å². The molecule has 5 heteroatoms. The van der Waals surface area contributed by atoms with Crippen LogP contribution in [0.15, 0.2) is 10.7 Å². The minimum atomic E-state index is 0. The Kier molecular flexibility index (Phi) is 2.68. The monoisotopic (exact) mass is 223 g/mol. The summed E-state index contributed by atoms with van der Waals surface area (Å²) >= 11 is 0. The molecule has 0 N–H and O–H groups in total. The molecule has 0 aromatic carbocycles. The van der Waals surface area contributed by atoms with Crippen LogP contribution >= 0.6 is 0 Å². The molecule has 0 amide bonds. The van der Waals surface area contributed by atoms with Crippen molar-refractivity contribution in [1.29, 1.82) is 0 Å². The number of hydrogen-bond acceptors (Lipinski definition) is 4. The van der Waals surface area contributed by atoms with Gasteiger partial charge in [0.05, 0.1) is 5.69 Å². The molecule has 0 spiro atoms. The number of nitrogens with zero attached hydrogens (tertiary/aromatic N) is 3. The average molecular weight is 223 g/mol. The molecule has 0 saturated carbocycles. The minimum Gasteiger partial charge on any atom is -0.445 e. The van der Waals surface area contributed by atoms with Gasteiger partial charge in [-0.1, -0.05) is 6.20 Å². The molecule has 0 atom stereocenters. The van der Waals surface area contributed by atoms with E-state index in [1.54, 1.807) is 6.20 Å². The van der Waals surface area contributed by atoms with E-state index in [4.69, 9.17) is 4.52 Å². The second-order valence-electron chi connectivity index (χ2n) is 1.96. The molecule has 0 bridgehead atoms. The van der Waals surface area contributed by atoms with Crippen LogP contribution in [0.25, 0.3) is 11.2 Å². The van der Waals surface area contributed by atoms with Gasteiger partial charge in [-0.3, -0.25) is 4.98 Å². The second-order valence-corrected chi connectivity index (χ2v) is 1.96. The Morgan fingerprint density at radius 2 is 2.36 bits per heavy atom. The predicted octanol–water partition coefficient (Wildman–Crippen LogP) is 0.724. The maximum Gasteiger partial charge on any atom is 0.115 e. The van der Waals surface area contributed by atoms with Gasteiger partial charge in [0.15, 0.2) is 0 Å². The van der Waals surface area contributed by atoms with Gasteiger partial charge >= 0.3 is 0 Å². The van der Waals surface area contributed by atoms with E-state index in [9.17, 15) is 0 Å². The Morgan fingerprint density at radius 3 is 3.18 bits per heavy atom. The number of rotatable bonds is 0. The SMILES string of the molecule is Cc1cnc2on[c-]c2n1.[Y]. The Morgan fingerprint density at radius 1 is 1.55 bits per heavy atom. The van der Waals surface area contributed by atoms with Crippen molar-refractivity contribution in [3.05, 3.63) is 18.1 Å². The van der Waals surface area contributed by atoms with Gasteiger partial charge < -0.3 is 9.51 Å². The van der Waals surface area contributed by atoms with Crippen LogP contribution in [0.4, 0.5) is 0 Å². The Balaban J connectivity index is 0.000000605. The third-order valence-electron chi connectivity index (χ3n) is 1.14. The van der Waals surface area contributed by atoms with Crippen LogP contribution in [0, 0.1) is 13.1 Å². The third-order valence-corrected chi connectivity index (χ3v) is 1.14. The van der Waals surface area contributed by atoms with Crippen molar-refractivity contribution in [2.45, 2.75) is 6.92 Å². The second kappa shape index (κ2) is 3.37. The molecule has 2 rings (SSSR count). The zero-order valence-corrected chi connectivity index (χ0v) is 8.74. The zero-order chi connectivity index (χ0) is 6.97. The van der Waals surface area contributed by atoms with E-state index in [0.717, 1.165) is 5.69 Å². The maximum atomic E-state index is 4.69. The fourth-order valence-electron chi connectivity index (χ4n) is 0.715. The molecular weight excluding hydrogens is 219 g/mol. The van der Waals surface area contributed by atoms with Crippen molar-refractivity contribution in [2.24, 2.45) is 0 Å². The molecule has 2 aromatic rings. The summed E-state index contributed by atoms with van der Waals surface area (Å²) in [6, 6.07) is 0. The van der Waals surface area contributed by atoms with Crippen molar-refractivity contribution in [1.82, 2.24) is 15.1 Å². The summed E-state index contributed by atoms with van der Waals surface area (Å²) in [7, 11) is 0. The number of fused-ring (bicyclic) bond motifs is 1. The van der Waals surface area contributed by atoms with E-state index in [-0.39, 0.29) is 32.7 Å². The van der Waals surface area contributed by atoms with Crippen LogP contribution in [-0.2, 0) is 32.7 Å². The minimum absolute atomic E-state index is 0. The van der Waals surface area contributed by atoms with Crippen LogP contribution in [0.2, 0.25) is 0 Å². The van der Waals surface area contributed by atoms with E-state index in [2.05, 4.69) is 21.3 Å². The van der Waals surface area contributed by atoms with Crippen molar-refractivity contribution in [2.75, 3.05) is 0 Å². The van der Waals surface area contributed by atoms with Gasteiger partial charge in [0.1, 0.15) is 5.71 Å². The Hall–Kier alpha value is -0.346.